The Kier molecular flexibility index (Phi) is 6.43. The number of pyridine rings is 1. The van der Waals surface area contributed by atoms with E-state index >= 15 is 0 Å². The molecule has 35 heavy (non-hydrogen) atoms. The molecule has 9 heteroatoms. The minimum Gasteiger partial charge on any atom is -0.408 e. The van der Waals surface area contributed by atoms with Crippen molar-refractivity contribution in [1.82, 2.24) is 18.9 Å². The van der Waals surface area contributed by atoms with Gasteiger partial charge in [-0.05, 0) is 68.7 Å². The summed E-state index contributed by atoms with van der Waals surface area (Å²) in [6.45, 7) is 1.21. The molecule has 0 fully saturated rings. The van der Waals surface area contributed by atoms with Crippen LogP contribution in [0.1, 0.15) is 16.1 Å². The predicted molar refractivity (Wildman–Crippen MR) is 138 cm³/mol. The molecular weight excluding hydrogens is 462 g/mol. The number of nitrogens with one attached hydrogen (secondary N) is 1. The van der Waals surface area contributed by atoms with E-state index in [1.165, 1.54) is 0 Å². The number of nitrogens with zero attached hydrogens (tertiary/aromatic N) is 4. The number of thioether (sulfide) groups is 1. The van der Waals surface area contributed by atoms with Gasteiger partial charge >= 0.3 is 5.76 Å². The maximum absolute atomic E-state index is 12.8. The highest BCUT2D eigenvalue weighted by atomic mass is 32.2. The van der Waals surface area contributed by atoms with Crippen LogP contribution in [0.2, 0.25) is 0 Å². The highest BCUT2D eigenvalue weighted by Crippen LogP contribution is 2.24. The third kappa shape index (κ3) is 5.16. The fourth-order valence-corrected chi connectivity index (χ4v) is 4.55. The van der Waals surface area contributed by atoms with Gasteiger partial charge in [0.15, 0.2) is 5.58 Å². The molecule has 0 aliphatic carbocycles. The number of likely N-dealkylation sites (N-methyl/N-ethyl adjacent to an activating group) is 1. The van der Waals surface area contributed by atoms with Gasteiger partial charge in [-0.25, -0.2) is 9.78 Å². The van der Waals surface area contributed by atoms with Gasteiger partial charge in [0.1, 0.15) is 5.65 Å². The van der Waals surface area contributed by atoms with Crippen LogP contribution in [0.25, 0.3) is 16.7 Å². The molecule has 3 aromatic heterocycles. The van der Waals surface area contributed by atoms with Crippen molar-refractivity contribution in [2.24, 2.45) is 0 Å². The minimum atomic E-state index is -0.401. The quantitative estimate of drug-likeness (QED) is 0.328. The second-order valence-corrected chi connectivity index (χ2v) is 9.52. The Morgan fingerprint density at radius 1 is 1.11 bits per heavy atom. The van der Waals surface area contributed by atoms with Crippen LogP contribution in [0, 0.1) is 0 Å². The van der Waals surface area contributed by atoms with Gasteiger partial charge in [-0.3, -0.25) is 9.36 Å². The zero-order chi connectivity index (χ0) is 24.4. The number of imidazole rings is 1. The highest BCUT2D eigenvalue weighted by Gasteiger charge is 2.12. The van der Waals surface area contributed by atoms with Gasteiger partial charge in [0, 0.05) is 47.4 Å². The molecule has 0 aliphatic heterocycles. The van der Waals surface area contributed by atoms with Crippen molar-refractivity contribution in [1.29, 1.82) is 0 Å². The number of carbonyl (C=O) groups is 1. The van der Waals surface area contributed by atoms with Crippen LogP contribution >= 0.6 is 11.8 Å². The number of carbonyl (C=O) groups excluding carboxylic acids is 1. The summed E-state index contributed by atoms with van der Waals surface area (Å²) in [6, 6.07) is 18.6. The van der Waals surface area contributed by atoms with Crippen LogP contribution < -0.4 is 11.1 Å². The van der Waals surface area contributed by atoms with Gasteiger partial charge in [-0.2, -0.15) is 0 Å². The third-order valence-electron chi connectivity index (χ3n) is 5.61. The van der Waals surface area contributed by atoms with Crippen LogP contribution in [-0.4, -0.2) is 45.4 Å². The fourth-order valence-electron chi connectivity index (χ4n) is 3.77. The van der Waals surface area contributed by atoms with Crippen LogP contribution in [0.4, 0.5) is 5.69 Å². The van der Waals surface area contributed by atoms with Crippen molar-refractivity contribution in [3.8, 4) is 0 Å². The second kappa shape index (κ2) is 9.81. The number of oxazole rings is 1. The maximum Gasteiger partial charge on any atom is 0.419 e. The third-order valence-corrected chi connectivity index (χ3v) is 6.66. The van der Waals surface area contributed by atoms with Crippen molar-refractivity contribution in [2.75, 3.05) is 26.0 Å². The summed E-state index contributed by atoms with van der Waals surface area (Å²) in [5.41, 5.74) is 4.25. The van der Waals surface area contributed by atoms with Gasteiger partial charge in [-0.15, -0.1) is 11.8 Å². The van der Waals surface area contributed by atoms with E-state index in [2.05, 4.69) is 10.3 Å². The SMILES string of the molecule is CN(C)CCn1c(=O)oc2ccc(NC(=O)c3ccc(SCc4cn5ccccc5n4)cc3)cc21. The summed E-state index contributed by atoms with van der Waals surface area (Å²) in [5, 5.41) is 2.92. The molecular formula is C26H25N5O3S. The molecule has 178 valence electrons. The molecule has 0 saturated heterocycles. The standard InChI is InChI=1S/C26H25N5O3S/c1-29(2)13-14-31-22-15-19(8-11-23(22)34-26(31)33)28-25(32)18-6-9-21(10-7-18)35-17-20-16-30-12-4-3-5-24(30)27-20/h3-12,15-16H,13-14,17H2,1-2H3,(H,28,32). The minimum absolute atomic E-state index is 0.216. The van der Waals surface area contributed by atoms with E-state index in [0.717, 1.165) is 22.0 Å². The van der Waals surface area contributed by atoms with Crippen molar-refractivity contribution >= 4 is 40.1 Å². The summed E-state index contributed by atoms with van der Waals surface area (Å²) in [5.74, 6) is 0.127. The van der Waals surface area contributed by atoms with Gasteiger partial charge in [-0.1, -0.05) is 6.07 Å². The summed E-state index contributed by atoms with van der Waals surface area (Å²) in [6.07, 6.45) is 4.01. The first-order valence-electron chi connectivity index (χ1n) is 11.2. The number of rotatable bonds is 8. The molecule has 0 bridgehead atoms. The topological polar surface area (TPSA) is 84.8 Å². The average molecular weight is 488 g/mol. The molecule has 8 nitrogen and oxygen atoms in total. The lowest BCUT2D eigenvalue weighted by Gasteiger charge is -2.10. The number of anilines is 1. The largest absolute Gasteiger partial charge is 0.419 e. The van der Waals surface area contributed by atoms with E-state index in [1.807, 2.05) is 78.3 Å². The van der Waals surface area contributed by atoms with Gasteiger partial charge in [0.25, 0.3) is 5.91 Å². The van der Waals surface area contributed by atoms with Crippen molar-refractivity contribution < 1.29 is 9.21 Å². The molecule has 0 radical (unpaired) electrons. The zero-order valence-electron chi connectivity index (χ0n) is 19.5. The van der Waals surface area contributed by atoms with Crippen molar-refractivity contribution in [3.63, 3.8) is 0 Å². The smallest absolute Gasteiger partial charge is 0.408 e. The molecule has 1 amide bonds. The Balaban J connectivity index is 1.24. The number of benzene rings is 2. The molecule has 0 atom stereocenters. The molecule has 1 N–H and O–H groups in total. The Morgan fingerprint density at radius 3 is 2.71 bits per heavy atom. The Hall–Kier alpha value is -3.82. The molecule has 5 aromatic rings. The Labute approximate surface area is 206 Å². The van der Waals surface area contributed by atoms with Crippen LogP contribution in [0.5, 0.6) is 0 Å². The summed E-state index contributed by atoms with van der Waals surface area (Å²) in [4.78, 5) is 32.7. The Morgan fingerprint density at radius 2 is 1.94 bits per heavy atom. The molecule has 0 saturated carbocycles. The maximum atomic E-state index is 12.8. The first-order valence-corrected chi connectivity index (χ1v) is 12.2. The van der Waals surface area contributed by atoms with E-state index in [4.69, 9.17) is 4.42 Å². The number of amides is 1. The highest BCUT2D eigenvalue weighted by molar-refractivity contribution is 7.98. The van der Waals surface area contributed by atoms with E-state index in [1.54, 1.807) is 34.5 Å². The van der Waals surface area contributed by atoms with Gasteiger partial charge in [0.05, 0.1) is 11.2 Å². The molecule has 5 rings (SSSR count). The Bertz CT molecular complexity index is 1520. The van der Waals surface area contributed by atoms with E-state index in [-0.39, 0.29) is 5.91 Å². The van der Waals surface area contributed by atoms with Crippen molar-refractivity contribution in [2.45, 2.75) is 17.2 Å². The number of fused-ring (bicyclic) bond motifs is 2. The summed E-state index contributed by atoms with van der Waals surface area (Å²) < 4.78 is 8.92. The second-order valence-electron chi connectivity index (χ2n) is 8.47. The number of hydrogen-bond donors (Lipinski definition) is 1. The van der Waals surface area contributed by atoms with E-state index < -0.39 is 5.76 Å². The first-order chi connectivity index (χ1) is 17.0. The lowest BCUT2D eigenvalue weighted by molar-refractivity contribution is 0.102. The lowest BCUT2D eigenvalue weighted by Crippen LogP contribution is -2.23. The molecule has 0 spiro atoms. The normalized spacial score (nSPS) is 11.5. The average Bonchev–Trinajstić information content (AvgIpc) is 3.41. The lowest BCUT2D eigenvalue weighted by atomic mass is 10.2. The molecule has 0 aliphatic rings. The van der Waals surface area contributed by atoms with Crippen molar-refractivity contribution in [3.05, 3.63) is 94.9 Å². The number of hydrogen-bond acceptors (Lipinski definition) is 6. The van der Waals surface area contributed by atoms with E-state index in [0.29, 0.717) is 35.4 Å². The monoisotopic (exact) mass is 487 g/mol. The summed E-state index contributed by atoms with van der Waals surface area (Å²) >= 11 is 1.67. The predicted octanol–water partition coefficient (Wildman–Crippen LogP) is 4.35. The zero-order valence-corrected chi connectivity index (χ0v) is 20.3. The molecule has 2 aromatic carbocycles. The van der Waals surface area contributed by atoms with Gasteiger partial charge < -0.3 is 19.0 Å². The summed E-state index contributed by atoms with van der Waals surface area (Å²) in [7, 11) is 3.89. The van der Waals surface area contributed by atoms with E-state index in [9.17, 15) is 9.59 Å². The number of aromatic nitrogens is 3. The van der Waals surface area contributed by atoms with Crippen LogP contribution in [0.3, 0.4) is 0 Å². The van der Waals surface area contributed by atoms with Crippen LogP contribution in [-0.2, 0) is 12.3 Å². The molecule has 0 unspecified atom stereocenters. The van der Waals surface area contributed by atoms with Crippen LogP contribution in [0.15, 0.2) is 87.2 Å². The fraction of sp³-hybridized carbons (Fsp3) is 0.192. The molecule has 3 heterocycles. The van der Waals surface area contributed by atoms with Gasteiger partial charge in [0.2, 0.25) is 0 Å². The first kappa shape index (κ1) is 22.9.